The minimum atomic E-state index is -1.46. The van der Waals surface area contributed by atoms with E-state index in [0.29, 0.717) is 23.4 Å². The molecule has 4 heterocycles. The molecule has 12 nitrogen and oxygen atoms in total. The molecule has 6 rings (SSSR count). The second-order valence-corrected chi connectivity index (χ2v) is 11.3. The van der Waals surface area contributed by atoms with E-state index in [1.165, 1.54) is 23.8 Å². The highest BCUT2D eigenvalue weighted by molar-refractivity contribution is 5.80. The number of piperazine rings is 1. The van der Waals surface area contributed by atoms with Crippen LogP contribution in [0, 0.1) is 11.3 Å². The molecule has 0 spiro atoms. The van der Waals surface area contributed by atoms with Gasteiger partial charge in [-0.2, -0.15) is 10.2 Å². The van der Waals surface area contributed by atoms with E-state index < -0.39 is 24.3 Å². The zero-order valence-corrected chi connectivity index (χ0v) is 24.5. The summed E-state index contributed by atoms with van der Waals surface area (Å²) in [6.07, 6.45) is -1.83. The molecule has 1 aromatic heterocycles. The van der Waals surface area contributed by atoms with Gasteiger partial charge in [0.1, 0.15) is 30.4 Å². The molecule has 0 aliphatic carbocycles. The van der Waals surface area contributed by atoms with Crippen molar-refractivity contribution in [3.63, 3.8) is 0 Å². The fraction of sp³-hybridized carbons (Fsp3) is 0.452. The lowest BCUT2D eigenvalue weighted by Gasteiger charge is -2.43. The van der Waals surface area contributed by atoms with Crippen LogP contribution in [0.1, 0.15) is 18.9 Å². The number of likely N-dealkylation sites (tertiary alicyclic amines) is 1. The molecule has 13 heteroatoms. The Balaban J connectivity index is 1.07. The summed E-state index contributed by atoms with van der Waals surface area (Å²) in [5.74, 6) is 0.452. The van der Waals surface area contributed by atoms with E-state index in [1.807, 2.05) is 12.1 Å². The average molecular weight is 603 g/mol. The highest BCUT2D eigenvalue weighted by Crippen LogP contribution is 2.29. The van der Waals surface area contributed by atoms with Crippen molar-refractivity contribution in [2.24, 2.45) is 0 Å². The van der Waals surface area contributed by atoms with Gasteiger partial charge in [0.05, 0.1) is 31.4 Å². The Hall–Kier alpha value is -4.38. The number of aliphatic hydroxyl groups is 1. The monoisotopic (exact) mass is 602 g/mol. The number of amides is 1. The molecule has 1 unspecified atom stereocenters. The molecule has 3 fully saturated rings. The number of nitrogens with one attached hydrogen (secondary N) is 1. The first kappa shape index (κ1) is 29.7. The first-order valence-electron chi connectivity index (χ1n) is 14.8. The molecule has 3 atom stereocenters. The largest absolute Gasteiger partial charge is 0.486 e. The number of ether oxygens (including phenoxy) is 2. The van der Waals surface area contributed by atoms with E-state index in [1.54, 1.807) is 18.2 Å². The van der Waals surface area contributed by atoms with Crippen molar-refractivity contribution in [3.05, 3.63) is 54.4 Å². The lowest BCUT2D eigenvalue weighted by molar-refractivity contribution is -0.143. The molecule has 3 aromatic rings. The fourth-order valence-electron chi connectivity index (χ4n) is 5.66. The highest BCUT2D eigenvalue weighted by Gasteiger charge is 2.34. The number of aliphatic hydroxyl groups excluding tert-OH is 1. The normalized spacial score (nSPS) is 21.7. The molecule has 3 aliphatic heterocycles. The number of anilines is 3. The summed E-state index contributed by atoms with van der Waals surface area (Å²) in [6, 6.07) is 15.7. The van der Waals surface area contributed by atoms with Crippen molar-refractivity contribution in [2.45, 2.75) is 37.8 Å². The average Bonchev–Trinajstić information content (AvgIpc) is 3.02. The number of benzene rings is 2. The van der Waals surface area contributed by atoms with Gasteiger partial charge in [0, 0.05) is 56.1 Å². The van der Waals surface area contributed by atoms with Crippen LogP contribution in [-0.4, -0.2) is 113 Å². The van der Waals surface area contributed by atoms with Gasteiger partial charge in [-0.3, -0.25) is 9.69 Å². The summed E-state index contributed by atoms with van der Waals surface area (Å²) in [5.41, 5.74) is 2.79. The lowest BCUT2D eigenvalue weighted by Crippen LogP contribution is -2.56. The van der Waals surface area contributed by atoms with Crippen molar-refractivity contribution in [1.29, 1.82) is 5.26 Å². The molecule has 0 saturated carbocycles. The summed E-state index contributed by atoms with van der Waals surface area (Å²) in [4.78, 5) is 31.3. The van der Waals surface area contributed by atoms with Gasteiger partial charge in [0.15, 0.2) is 12.0 Å². The number of carbonyl (C=O) groups excluding carboxylic acids is 1. The van der Waals surface area contributed by atoms with Crippen molar-refractivity contribution < 1.29 is 23.8 Å². The van der Waals surface area contributed by atoms with Gasteiger partial charge >= 0.3 is 0 Å². The first-order chi connectivity index (χ1) is 21.4. The van der Waals surface area contributed by atoms with E-state index >= 15 is 0 Å². The summed E-state index contributed by atoms with van der Waals surface area (Å²) >= 11 is 0. The van der Waals surface area contributed by atoms with Gasteiger partial charge in [0.2, 0.25) is 5.95 Å². The number of hydrogen-bond acceptors (Lipinski definition) is 11. The van der Waals surface area contributed by atoms with Crippen LogP contribution >= 0.6 is 0 Å². The number of rotatable bonds is 8. The molecule has 1 amide bonds. The standard InChI is InChI=1S/C31H35FN8O4/c1-20(41)30(42)40-9-8-28(26(32)16-40)44-27-7-2-21(14-22(27)15-33)29-34-19-35-31(37-29)36-23-3-5-24(6-4-23)38-10-12-39(13-11-38)25-17-43-18-25/h2-7,14,19-20,25-26,28,41H,8-13,16-18H2,1H3,(H,34,35,36,37)/t20?,26-,28-/m1/s1. The van der Waals surface area contributed by atoms with E-state index in [9.17, 15) is 19.6 Å². The predicted molar refractivity (Wildman–Crippen MR) is 160 cm³/mol. The van der Waals surface area contributed by atoms with Crippen LogP contribution in [0.4, 0.5) is 21.7 Å². The maximum absolute atomic E-state index is 14.9. The van der Waals surface area contributed by atoms with E-state index in [2.05, 4.69) is 48.3 Å². The molecule has 2 aromatic carbocycles. The van der Waals surface area contributed by atoms with Crippen LogP contribution in [0.2, 0.25) is 0 Å². The minimum Gasteiger partial charge on any atom is -0.486 e. The molecule has 0 radical (unpaired) electrons. The maximum atomic E-state index is 14.9. The molecule has 230 valence electrons. The predicted octanol–water partition coefficient (Wildman–Crippen LogP) is 2.37. The van der Waals surface area contributed by atoms with Gasteiger partial charge in [-0.15, -0.1) is 0 Å². The number of nitrogens with zero attached hydrogens (tertiary/aromatic N) is 7. The van der Waals surface area contributed by atoms with Crippen molar-refractivity contribution in [2.75, 3.05) is 62.7 Å². The quantitative estimate of drug-likeness (QED) is 0.393. The molecule has 0 bridgehead atoms. The Labute approximate surface area is 255 Å². The summed E-state index contributed by atoms with van der Waals surface area (Å²) < 4.78 is 26.1. The Morgan fingerprint density at radius 2 is 1.91 bits per heavy atom. The number of piperidine rings is 1. The minimum absolute atomic E-state index is 0.175. The van der Waals surface area contributed by atoms with Crippen molar-refractivity contribution in [1.82, 2.24) is 24.8 Å². The van der Waals surface area contributed by atoms with Crippen LogP contribution in [0.25, 0.3) is 11.4 Å². The summed E-state index contributed by atoms with van der Waals surface area (Å²) in [7, 11) is 0. The Morgan fingerprint density at radius 3 is 2.57 bits per heavy atom. The molecular formula is C31H35FN8O4. The molecular weight excluding hydrogens is 567 g/mol. The highest BCUT2D eigenvalue weighted by atomic mass is 19.1. The summed E-state index contributed by atoms with van der Waals surface area (Å²) in [6.45, 7) is 7.15. The van der Waals surface area contributed by atoms with Gasteiger partial charge in [-0.1, -0.05) is 0 Å². The number of nitriles is 1. The Kier molecular flexibility index (Phi) is 8.83. The number of carbonyl (C=O) groups is 1. The Bertz CT molecular complexity index is 1510. The van der Waals surface area contributed by atoms with Gasteiger partial charge in [0.25, 0.3) is 5.91 Å². The summed E-state index contributed by atoms with van der Waals surface area (Å²) in [5, 5.41) is 22.5. The van der Waals surface area contributed by atoms with Crippen molar-refractivity contribution in [3.8, 4) is 23.2 Å². The van der Waals surface area contributed by atoms with Crippen LogP contribution in [0.5, 0.6) is 5.75 Å². The van der Waals surface area contributed by atoms with Gasteiger partial charge in [-0.05, 0) is 49.4 Å². The van der Waals surface area contributed by atoms with Gasteiger partial charge in [-0.25, -0.2) is 14.4 Å². The van der Waals surface area contributed by atoms with Crippen molar-refractivity contribution >= 4 is 23.2 Å². The fourth-order valence-corrected chi connectivity index (χ4v) is 5.66. The molecule has 2 N–H and O–H groups in total. The van der Waals surface area contributed by atoms with Gasteiger partial charge < -0.3 is 29.7 Å². The first-order valence-corrected chi connectivity index (χ1v) is 14.8. The maximum Gasteiger partial charge on any atom is 0.251 e. The van der Waals surface area contributed by atoms with Crippen LogP contribution in [0.3, 0.4) is 0 Å². The van der Waals surface area contributed by atoms with E-state index in [4.69, 9.17) is 9.47 Å². The SMILES string of the molecule is CC(O)C(=O)N1CC[C@@H](Oc2ccc(-c3ncnc(Nc4ccc(N5CCN(C6COC6)CC5)cc4)n3)cc2C#N)[C@H](F)C1. The topological polar surface area (TPSA) is 140 Å². The third-order valence-electron chi connectivity index (χ3n) is 8.30. The second kappa shape index (κ2) is 13.1. The zero-order chi connectivity index (χ0) is 30.6. The Morgan fingerprint density at radius 1 is 1.14 bits per heavy atom. The molecule has 44 heavy (non-hydrogen) atoms. The van der Waals surface area contributed by atoms with Crippen LogP contribution < -0.4 is 15.0 Å². The van der Waals surface area contributed by atoms with Crippen LogP contribution in [0.15, 0.2) is 48.8 Å². The number of aromatic nitrogens is 3. The molecule has 3 saturated heterocycles. The van der Waals surface area contributed by atoms with Crippen LogP contribution in [-0.2, 0) is 9.53 Å². The number of alkyl halides is 1. The smallest absolute Gasteiger partial charge is 0.251 e. The third-order valence-corrected chi connectivity index (χ3v) is 8.30. The number of halogens is 1. The van der Waals surface area contributed by atoms with E-state index in [0.717, 1.165) is 45.1 Å². The lowest BCUT2D eigenvalue weighted by atomic mass is 10.0. The second-order valence-electron chi connectivity index (χ2n) is 11.3. The number of hydrogen-bond donors (Lipinski definition) is 2. The zero-order valence-electron chi connectivity index (χ0n) is 24.5. The third kappa shape index (κ3) is 6.57. The van der Waals surface area contributed by atoms with E-state index in [-0.39, 0.29) is 30.8 Å². The molecule has 3 aliphatic rings.